The summed E-state index contributed by atoms with van der Waals surface area (Å²) in [4.78, 5) is 24.9. The summed E-state index contributed by atoms with van der Waals surface area (Å²) >= 11 is 0. The van der Waals surface area contributed by atoms with E-state index in [2.05, 4.69) is 9.47 Å². The maximum atomic E-state index is 14.1. The third kappa shape index (κ3) is 3.17. The first-order valence-corrected chi connectivity index (χ1v) is 6.60. The fraction of sp³-hybridized carbons (Fsp3) is 0.125. The topological polar surface area (TPSA) is 55.8 Å². The first-order valence-electron chi connectivity index (χ1n) is 6.60. The van der Waals surface area contributed by atoms with Gasteiger partial charge >= 0.3 is 11.9 Å². The van der Waals surface area contributed by atoms with Gasteiger partial charge < -0.3 is 14.4 Å². The van der Waals surface area contributed by atoms with E-state index in [1.165, 1.54) is 24.4 Å². The number of esters is 2. The number of carbonyl (C=O) groups excluding carboxylic acids is 2. The molecule has 8 heteroatoms. The number of hydrogen-bond acceptors (Lipinski definition) is 5. The van der Waals surface area contributed by atoms with Crippen molar-refractivity contribution in [3.8, 4) is 0 Å². The molecule has 1 heterocycles. The molecule has 0 saturated carbocycles. The van der Waals surface area contributed by atoms with Gasteiger partial charge in [-0.3, -0.25) is 0 Å². The number of allylic oxidation sites excluding steroid dienone is 2. The summed E-state index contributed by atoms with van der Waals surface area (Å²) in [6.07, 6.45) is 5.23. The minimum Gasteiger partial charge on any atom is -0.465 e. The van der Waals surface area contributed by atoms with Crippen molar-refractivity contribution in [2.75, 3.05) is 19.1 Å². The van der Waals surface area contributed by atoms with Crippen LogP contribution in [-0.4, -0.2) is 26.2 Å². The third-order valence-electron chi connectivity index (χ3n) is 3.14. The van der Waals surface area contributed by atoms with Crippen LogP contribution in [0.15, 0.2) is 47.8 Å². The second-order valence-corrected chi connectivity index (χ2v) is 4.53. The van der Waals surface area contributed by atoms with Gasteiger partial charge in [-0.15, -0.1) is 0 Å². The van der Waals surface area contributed by atoms with E-state index in [-0.39, 0.29) is 5.57 Å². The molecule has 0 aromatic heterocycles. The fourth-order valence-corrected chi connectivity index (χ4v) is 2.05. The van der Waals surface area contributed by atoms with Crippen molar-refractivity contribution in [2.45, 2.75) is 0 Å². The number of hydrogen-bond donors (Lipinski definition) is 0. The van der Waals surface area contributed by atoms with E-state index in [9.17, 15) is 22.8 Å². The lowest BCUT2D eigenvalue weighted by atomic mass is 10.1. The van der Waals surface area contributed by atoms with Gasteiger partial charge in [-0.2, -0.15) is 0 Å². The van der Waals surface area contributed by atoms with Crippen LogP contribution in [0, 0.1) is 17.5 Å². The van der Waals surface area contributed by atoms with Crippen molar-refractivity contribution in [3.05, 3.63) is 65.3 Å². The summed E-state index contributed by atoms with van der Waals surface area (Å²) in [6, 6.07) is 0.904. The van der Waals surface area contributed by atoms with Gasteiger partial charge in [-0.25, -0.2) is 22.8 Å². The molecule has 0 bridgehead atoms. The summed E-state index contributed by atoms with van der Waals surface area (Å²) < 4.78 is 50.0. The maximum absolute atomic E-state index is 14.1. The van der Waals surface area contributed by atoms with Crippen LogP contribution in [0.3, 0.4) is 0 Å². The Morgan fingerprint density at radius 3 is 2.17 bits per heavy atom. The van der Waals surface area contributed by atoms with Crippen LogP contribution in [0.1, 0.15) is 0 Å². The molecular formula is C16H12F3NO4. The normalized spacial score (nSPS) is 13.8. The zero-order valence-corrected chi connectivity index (χ0v) is 12.7. The molecular weight excluding hydrogens is 327 g/mol. The van der Waals surface area contributed by atoms with Crippen molar-refractivity contribution < 1.29 is 32.2 Å². The number of ether oxygens (including phenoxy) is 2. The molecule has 0 radical (unpaired) electrons. The van der Waals surface area contributed by atoms with Gasteiger partial charge in [0.2, 0.25) is 0 Å². The largest absolute Gasteiger partial charge is 0.465 e. The highest BCUT2D eigenvalue weighted by molar-refractivity contribution is 6.05. The monoisotopic (exact) mass is 339 g/mol. The molecule has 0 spiro atoms. The van der Waals surface area contributed by atoms with Crippen LogP contribution < -0.4 is 4.90 Å². The van der Waals surface area contributed by atoms with E-state index in [1.807, 2.05) is 0 Å². The Morgan fingerprint density at radius 1 is 0.917 bits per heavy atom. The Balaban J connectivity index is 2.72. The predicted octanol–water partition coefficient (Wildman–Crippen LogP) is 2.59. The molecule has 0 unspecified atom stereocenters. The zero-order valence-electron chi connectivity index (χ0n) is 12.7. The Labute approximate surface area is 135 Å². The number of halogens is 3. The van der Waals surface area contributed by atoms with Gasteiger partial charge in [0.1, 0.15) is 11.5 Å². The number of benzene rings is 1. The summed E-state index contributed by atoms with van der Waals surface area (Å²) in [5.74, 6) is -5.71. The summed E-state index contributed by atoms with van der Waals surface area (Å²) in [5.41, 5.74) is -1.12. The van der Waals surface area contributed by atoms with E-state index in [4.69, 9.17) is 0 Å². The van der Waals surface area contributed by atoms with Crippen molar-refractivity contribution in [1.82, 2.24) is 0 Å². The minimum atomic E-state index is -1.38. The Kier molecular flexibility index (Phi) is 5.08. The second kappa shape index (κ2) is 7.03. The number of methoxy groups -OCH3 is 2. The molecule has 126 valence electrons. The number of carbonyl (C=O) groups is 2. The molecule has 2 rings (SSSR count). The van der Waals surface area contributed by atoms with Gasteiger partial charge in [0.05, 0.1) is 25.5 Å². The van der Waals surface area contributed by atoms with E-state index < -0.39 is 40.8 Å². The van der Waals surface area contributed by atoms with Crippen molar-refractivity contribution >= 4 is 17.6 Å². The average molecular weight is 339 g/mol. The zero-order chi connectivity index (χ0) is 17.9. The van der Waals surface area contributed by atoms with E-state index in [0.717, 1.165) is 19.1 Å². The van der Waals surface area contributed by atoms with Crippen molar-refractivity contribution in [2.24, 2.45) is 0 Å². The quantitative estimate of drug-likeness (QED) is 0.626. The SMILES string of the molecule is COC(=O)C1=C(C(=O)OC)N(c2cc(F)c(F)cc2F)C=CC=C1. The highest BCUT2D eigenvalue weighted by atomic mass is 19.2. The van der Waals surface area contributed by atoms with Gasteiger partial charge in [-0.1, -0.05) is 6.08 Å². The predicted molar refractivity (Wildman–Crippen MR) is 78.1 cm³/mol. The summed E-state index contributed by atoms with van der Waals surface area (Å²) in [7, 11) is 2.15. The maximum Gasteiger partial charge on any atom is 0.355 e. The molecule has 0 aliphatic carbocycles. The molecule has 1 aliphatic rings. The van der Waals surface area contributed by atoms with Gasteiger partial charge in [0.25, 0.3) is 0 Å². The fourth-order valence-electron chi connectivity index (χ4n) is 2.05. The Morgan fingerprint density at radius 2 is 1.54 bits per heavy atom. The molecule has 0 N–H and O–H groups in total. The highest BCUT2D eigenvalue weighted by Crippen LogP contribution is 2.30. The molecule has 0 amide bonds. The molecule has 0 atom stereocenters. The lowest BCUT2D eigenvalue weighted by Crippen LogP contribution is -2.27. The van der Waals surface area contributed by atoms with Crippen LogP contribution >= 0.6 is 0 Å². The number of anilines is 1. The second-order valence-electron chi connectivity index (χ2n) is 4.53. The van der Waals surface area contributed by atoms with Crippen LogP contribution in [0.25, 0.3) is 0 Å². The Bertz CT molecular complexity index is 784. The standard InChI is InChI=1S/C16H12F3NO4/c1-23-15(21)9-5-3-4-6-20(14(9)16(22)24-2)13-8-11(18)10(17)7-12(13)19/h3-8H,1-2H3. The van der Waals surface area contributed by atoms with Crippen molar-refractivity contribution in [3.63, 3.8) is 0 Å². The summed E-state index contributed by atoms with van der Waals surface area (Å²) in [6.45, 7) is 0. The number of nitrogens with zero attached hydrogens (tertiary/aromatic N) is 1. The molecule has 1 aliphatic heterocycles. The number of rotatable bonds is 3. The van der Waals surface area contributed by atoms with Crippen LogP contribution in [-0.2, 0) is 19.1 Å². The molecule has 1 aromatic carbocycles. The Hall–Kier alpha value is -3.03. The first-order chi connectivity index (χ1) is 11.4. The van der Waals surface area contributed by atoms with E-state index in [1.54, 1.807) is 0 Å². The van der Waals surface area contributed by atoms with Gasteiger partial charge in [-0.05, 0) is 12.2 Å². The van der Waals surface area contributed by atoms with Crippen molar-refractivity contribution in [1.29, 1.82) is 0 Å². The van der Waals surface area contributed by atoms with Crippen LogP contribution in [0.2, 0.25) is 0 Å². The van der Waals surface area contributed by atoms with Gasteiger partial charge in [0.15, 0.2) is 11.6 Å². The third-order valence-corrected chi connectivity index (χ3v) is 3.14. The first kappa shape index (κ1) is 17.3. The van der Waals surface area contributed by atoms with Crippen LogP contribution in [0.4, 0.5) is 18.9 Å². The van der Waals surface area contributed by atoms with Crippen LogP contribution in [0.5, 0.6) is 0 Å². The smallest absolute Gasteiger partial charge is 0.355 e. The van der Waals surface area contributed by atoms with Gasteiger partial charge in [0, 0.05) is 18.3 Å². The molecule has 5 nitrogen and oxygen atoms in total. The summed E-state index contributed by atoms with van der Waals surface area (Å²) in [5, 5.41) is 0. The average Bonchev–Trinajstić information content (AvgIpc) is 2.79. The van der Waals surface area contributed by atoms with E-state index in [0.29, 0.717) is 12.1 Å². The lowest BCUT2D eigenvalue weighted by Gasteiger charge is -2.23. The molecule has 0 saturated heterocycles. The molecule has 24 heavy (non-hydrogen) atoms. The molecule has 0 fully saturated rings. The molecule has 1 aromatic rings. The lowest BCUT2D eigenvalue weighted by molar-refractivity contribution is -0.139. The highest BCUT2D eigenvalue weighted by Gasteiger charge is 2.29. The minimum absolute atomic E-state index is 0.238. The van der Waals surface area contributed by atoms with E-state index >= 15 is 0 Å².